The van der Waals surface area contributed by atoms with Gasteiger partial charge >= 0.3 is 0 Å². The van der Waals surface area contributed by atoms with Gasteiger partial charge in [-0.05, 0) is 19.8 Å². The molecule has 0 bridgehead atoms. The Bertz CT molecular complexity index is 101. The molecular weight excluding hydrogens is 112 g/mol. The van der Waals surface area contributed by atoms with Crippen LogP contribution in [0.1, 0.15) is 27.7 Å². The predicted octanol–water partition coefficient (Wildman–Crippen LogP) is 1.97. The Morgan fingerprint density at radius 1 is 1.33 bits per heavy atom. The van der Waals surface area contributed by atoms with Crippen molar-refractivity contribution in [1.29, 1.82) is 0 Å². The van der Waals surface area contributed by atoms with Crippen LogP contribution in [0.15, 0.2) is 11.6 Å². The Morgan fingerprint density at radius 2 is 1.78 bits per heavy atom. The fraction of sp³-hybridized carbons (Fsp3) is 0.750. The summed E-state index contributed by atoms with van der Waals surface area (Å²) in [5.41, 5.74) is 1.25. The minimum Gasteiger partial charge on any atom is -0.389 e. The molecule has 0 aromatic heterocycles. The molecule has 0 rings (SSSR count). The second kappa shape index (κ2) is 3.67. The lowest BCUT2D eigenvalue weighted by molar-refractivity contribution is 0.242. The summed E-state index contributed by atoms with van der Waals surface area (Å²) >= 11 is 0. The minimum absolute atomic E-state index is 0.299. The summed E-state index contributed by atoms with van der Waals surface area (Å²) < 4.78 is 0. The third-order valence-corrected chi connectivity index (χ3v) is 1.41. The molecule has 0 amide bonds. The predicted molar refractivity (Wildman–Crippen MR) is 40.3 cm³/mol. The van der Waals surface area contributed by atoms with Crippen LogP contribution >= 0.6 is 0 Å². The normalized spacial score (nSPS) is 16.4. The molecule has 0 heterocycles. The molecule has 0 aliphatic carbocycles. The maximum atomic E-state index is 8.90. The molecule has 1 N–H and O–H groups in total. The SMILES string of the molecule is C/C(=C\C(C)O)C(C)C. The van der Waals surface area contributed by atoms with Crippen LogP contribution in [0.4, 0.5) is 0 Å². The van der Waals surface area contributed by atoms with Gasteiger partial charge in [-0.3, -0.25) is 0 Å². The highest BCUT2D eigenvalue weighted by Gasteiger charge is 1.96. The van der Waals surface area contributed by atoms with Crippen molar-refractivity contribution in [2.45, 2.75) is 33.8 Å². The quantitative estimate of drug-likeness (QED) is 0.564. The summed E-state index contributed by atoms with van der Waals surface area (Å²) in [5.74, 6) is 0.555. The summed E-state index contributed by atoms with van der Waals surface area (Å²) in [6, 6.07) is 0. The molecule has 0 radical (unpaired) electrons. The molecule has 0 saturated carbocycles. The molecular formula is C8H16O. The molecule has 0 aromatic carbocycles. The van der Waals surface area contributed by atoms with Crippen molar-refractivity contribution in [1.82, 2.24) is 0 Å². The average molecular weight is 128 g/mol. The van der Waals surface area contributed by atoms with E-state index >= 15 is 0 Å². The summed E-state index contributed by atoms with van der Waals surface area (Å²) in [4.78, 5) is 0. The first-order valence-electron chi connectivity index (χ1n) is 3.40. The van der Waals surface area contributed by atoms with Crippen molar-refractivity contribution in [2.75, 3.05) is 0 Å². The lowest BCUT2D eigenvalue weighted by Gasteiger charge is -2.05. The molecule has 54 valence electrons. The number of rotatable bonds is 2. The second-order valence-corrected chi connectivity index (χ2v) is 2.81. The van der Waals surface area contributed by atoms with Crippen LogP contribution in [0.25, 0.3) is 0 Å². The molecule has 0 aliphatic rings. The van der Waals surface area contributed by atoms with Gasteiger partial charge in [-0.15, -0.1) is 0 Å². The molecule has 0 saturated heterocycles. The lowest BCUT2D eigenvalue weighted by atomic mass is 10.0. The fourth-order valence-electron chi connectivity index (χ4n) is 0.573. The first-order chi connectivity index (χ1) is 4.04. The number of hydrogen-bond acceptors (Lipinski definition) is 1. The highest BCUT2D eigenvalue weighted by molar-refractivity contribution is 5.02. The number of aliphatic hydroxyl groups is 1. The monoisotopic (exact) mass is 128 g/mol. The Morgan fingerprint density at radius 3 is 1.89 bits per heavy atom. The first kappa shape index (κ1) is 8.70. The zero-order chi connectivity index (χ0) is 7.44. The third-order valence-electron chi connectivity index (χ3n) is 1.41. The molecule has 1 nitrogen and oxygen atoms in total. The van der Waals surface area contributed by atoms with Crippen molar-refractivity contribution in [3.8, 4) is 0 Å². The van der Waals surface area contributed by atoms with E-state index < -0.39 is 0 Å². The molecule has 1 atom stereocenters. The van der Waals surface area contributed by atoms with Crippen LogP contribution in [0.3, 0.4) is 0 Å². The van der Waals surface area contributed by atoms with Crippen molar-refractivity contribution in [3.63, 3.8) is 0 Å². The van der Waals surface area contributed by atoms with Gasteiger partial charge in [0.15, 0.2) is 0 Å². The first-order valence-corrected chi connectivity index (χ1v) is 3.40. The van der Waals surface area contributed by atoms with Gasteiger partial charge in [-0.25, -0.2) is 0 Å². The smallest absolute Gasteiger partial charge is 0.0695 e. The Labute approximate surface area is 57.4 Å². The van der Waals surface area contributed by atoms with Gasteiger partial charge in [0.1, 0.15) is 0 Å². The average Bonchev–Trinajstić information content (AvgIpc) is 1.63. The summed E-state index contributed by atoms with van der Waals surface area (Å²) in [6.07, 6.45) is 1.58. The maximum Gasteiger partial charge on any atom is 0.0695 e. The number of aliphatic hydroxyl groups excluding tert-OH is 1. The van der Waals surface area contributed by atoms with Crippen molar-refractivity contribution >= 4 is 0 Å². The van der Waals surface area contributed by atoms with E-state index in [4.69, 9.17) is 5.11 Å². The molecule has 1 heteroatoms. The molecule has 0 fully saturated rings. The van der Waals surface area contributed by atoms with E-state index in [1.54, 1.807) is 6.92 Å². The van der Waals surface area contributed by atoms with Gasteiger partial charge in [-0.2, -0.15) is 0 Å². The van der Waals surface area contributed by atoms with Crippen LogP contribution in [0.5, 0.6) is 0 Å². The lowest BCUT2D eigenvalue weighted by Crippen LogP contribution is -1.98. The van der Waals surface area contributed by atoms with Crippen LogP contribution in [-0.2, 0) is 0 Å². The van der Waals surface area contributed by atoms with Gasteiger partial charge in [0.25, 0.3) is 0 Å². The van der Waals surface area contributed by atoms with Crippen LogP contribution in [-0.4, -0.2) is 11.2 Å². The summed E-state index contributed by atoms with van der Waals surface area (Å²) in [7, 11) is 0. The summed E-state index contributed by atoms with van der Waals surface area (Å²) in [5, 5.41) is 8.90. The van der Waals surface area contributed by atoms with E-state index in [0.717, 1.165) is 0 Å². The van der Waals surface area contributed by atoms with Crippen LogP contribution < -0.4 is 0 Å². The molecule has 1 unspecified atom stereocenters. The zero-order valence-corrected chi connectivity index (χ0v) is 6.68. The van der Waals surface area contributed by atoms with Gasteiger partial charge in [-0.1, -0.05) is 25.5 Å². The molecule has 0 aromatic rings. The number of allylic oxidation sites excluding steroid dienone is 1. The van der Waals surface area contributed by atoms with Gasteiger partial charge in [0, 0.05) is 0 Å². The van der Waals surface area contributed by atoms with E-state index in [9.17, 15) is 0 Å². The Balaban J connectivity index is 3.84. The van der Waals surface area contributed by atoms with E-state index in [1.807, 2.05) is 13.0 Å². The minimum atomic E-state index is -0.299. The molecule has 0 aliphatic heterocycles. The van der Waals surface area contributed by atoms with E-state index in [-0.39, 0.29) is 6.10 Å². The maximum absolute atomic E-state index is 8.90. The molecule has 0 spiro atoms. The molecule has 9 heavy (non-hydrogen) atoms. The topological polar surface area (TPSA) is 20.2 Å². The van der Waals surface area contributed by atoms with Gasteiger partial charge in [0.2, 0.25) is 0 Å². The fourth-order valence-corrected chi connectivity index (χ4v) is 0.573. The van der Waals surface area contributed by atoms with E-state index in [0.29, 0.717) is 5.92 Å². The Hall–Kier alpha value is -0.300. The second-order valence-electron chi connectivity index (χ2n) is 2.81. The van der Waals surface area contributed by atoms with Gasteiger partial charge in [0.05, 0.1) is 6.10 Å². The highest BCUT2D eigenvalue weighted by atomic mass is 16.3. The van der Waals surface area contributed by atoms with Crippen LogP contribution in [0, 0.1) is 5.92 Å². The van der Waals surface area contributed by atoms with Gasteiger partial charge < -0.3 is 5.11 Å². The largest absolute Gasteiger partial charge is 0.389 e. The summed E-state index contributed by atoms with van der Waals surface area (Å²) in [6.45, 7) is 8.05. The van der Waals surface area contributed by atoms with Crippen molar-refractivity contribution in [3.05, 3.63) is 11.6 Å². The highest BCUT2D eigenvalue weighted by Crippen LogP contribution is 2.08. The number of hydrogen-bond donors (Lipinski definition) is 1. The van der Waals surface area contributed by atoms with Crippen LogP contribution in [0.2, 0.25) is 0 Å². The zero-order valence-electron chi connectivity index (χ0n) is 6.68. The van der Waals surface area contributed by atoms with E-state index in [2.05, 4.69) is 13.8 Å². The Kier molecular flexibility index (Phi) is 3.55. The van der Waals surface area contributed by atoms with Crippen molar-refractivity contribution < 1.29 is 5.11 Å². The van der Waals surface area contributed by atoms with Crippen molar-refractivity contribution in [2.24, 2.45) is 5.92 Å². The third kappa shape index (κ3) is 4.22. The standard InChI is InChI=1S/C8H16O/c1-6(2)7(3)5-8(4)9/h5-6,8-9H,1-4H3/b7-5+. The van der Waals surface area contributed by atoms with E-state index in [1.165, 1.54) is 5.57 Å².